The number of esters is 1. The summed E-state index contributed by atoms with van der Waals surface area (Å²) in [7, 11) is 0. The van der Waals surface area contributed by atoms with Gasteiger partial charge in [0.2, 0.25) is 5.95 Å². The van der Waals surface area contributed by atoms with Crippen molar-refractivity contribution < 1.29 is 9.53 Å². The highest BCUT2D eigenvalue weighted by atomic mass is 16.5. The molecule has 0 atom stereocenters. The first kappa shape index (κ1) is 13.7. The van der Waals surface area contributed by atoms with Crippen molar-refractivity contribution in [2.24, 2.45) is 0 Å². The third-order valence-electron chi connectivity index (χ3n) is 2.28. The van der Waals surface area contributed by atoms with Crippen molar-refractivity contribution in [3.8, 4) is 0 Å². The molecule has 1 aromatic heterocycles. The standard InChI is InChI=1S/C13H14N4O3/c1-8(2)20-12(19)9-4-3-5-10(6-9)15-13-16-11(18)7-14-17-13/h3-8H,1-2H3,(H2,15,16,17,18). The van der Waals surface area contributed by atoms with Gasteiger partial charge in [0.1, 0.15) is 6.20 Å². The van der Waals surface area contributed by atoms with Crippen LogP contribution >= 0.6 is 0 Å². The average molecular weight is 274 g/mol. The van der Waals surface area contributed by atoms with Crippen LogP contribution < -0.4 is 10.9 Å². The zero-order valence-corrected chi connectivity index (χ0v) is 11.1. The first-order valence-electron chi connectivity index (χ1n) is 6.04. The topological polar surface area (TPSA) is 97.0 Å². The Bertz CT molecular complexity index is 666. The van der Waals surface area contributed by atoms with E-state index in [1.54, 1.807) is 38.1 Å². The summed E-state index contributed by atoms with van der Waals surface area (Å²) in [6, 6.07) is 6.69. The summed E-state index contributed by atoms with van der Waals surface area (Å²) in [5.41, 5.74) is 0.646. The van der Waals surface area contributed by atoms with Crippen LogP contribution in [0.3, 0.4) is 0 Å². The second kappa shape index (κ2) is 5.96. The Hall–Kier alpha value is -2.70. The van der Waals surface area contributed by atoms with Crippen LogP contribution in [0, 0.1) is 0 Å². The van der Waals surface area contributed by atoms with Crippen LogP contribution in [-0.4, -0.2) is 27.3 Å². The smallest absolute Gasteiger partial charge is 0.338 e. The Labute approximate surface area is 115 Å². The molecule has 0 radical (unpaired) electrons. The predicted molar refractivity (Wildman–Crippen MR) is 72.9 cm³/mol. The molecule has 20 heavy (non-hydrogen) atoms. The Morgan fingerprint density at radius 2 is 2.20 bits per heavy atom. The minimum atomic E-state index is -0.406. The lowest BCUT2D eigenvalue weighted by Gasteiger charge is -2.09. The maximum Gasteiger partial charge on any atom is 0.338 e. The third-order valence-corrected chi connectivity index (χ3v) is 2.28. The van der Waals surface area contributed by atoms with Crippen molar-refractivity contribution >= 4 is 17.6 Å². The molecule has 7 nitrogen and oxygen atoms in total. The Morgan fingerprint density at radius 1 is 1.40 bits per heavy atom. The van der Waals surface area contributed by atoms with Gasteiger partial charge in [-0.1, -0.05) is 6.07 Å². The van der Waals surface area contributed by atoms with Gasteiger partial charge in [0.15, 0.2) is 0 Å². The molecule has 0 saturated carbocycles. The SMILES string of the molecule is CC(C)OC(=O)c1cccc(Nc2nncc(=O)[nH]2)c1. The Morgan fingerprint density at radius 3 is 2.90 bits per heavy atom. The molecule has 104 valence electrons. The minimum Gasteiger partial charge on any atom is -0.459 e. The molecule has 0 saturated heterocycles. The van der Waals surface area contributed by atoms with E-state index in [4.69, 9.17) is 4.74 Å². The number of anilines is 2. The monoisotopic (exact) mass is 274 g/mol. The van der Waals surface area contributed by atoms with Crippen molar-refractivity contribution in [1.29, 1.82) is 0 Å². The van der Waals surface area contributed by atoms with Crippen LogP contribution in [-0.2, 0) is 4.74 Å². The molecule has 1 aromatic carbocycles. The molecule has 0 aliphatic rings. The summed E-state index contributed by atoms with van der Waals surface area (Å²) in [5.74, 6) is -0.205. The van der Waals surface area contributed by atoms with Gasteiger partial charge in [0.25, 0.3) is 5.56 Å². The number of hydrogen-bond acceptors (Lipinski definition) is 6. The summed E-state index contributed by atoms with van der Waals surface area (Å²) < 4.78 is 5.11. The number of aromatic nitrogens is 3. The highest BCUT2D eigenvalue weighted by Gasteiger charge is 2.09. The number of rotatable bonds is 4. The maximum atomic E-state index is 11.8. The number of carbonyl (C=O) groups is 1. The zero-order chi connectivity index (χ0) is 14.5. The lowest BCUT2D eigenvalue weighted by molar-refractivity contribution is 0.0378. The quantitative estimate of drug-likeness (QED) is 0.819. The molecule has 0 bridgehead atoms. The molecule has 0 aliphatic carbocycles. The van der Waals surface area contributed by atoms with Gasteiger partial charge in [-0.05, 0) is 32.0 Å². The van der Waals surface area contributed by atoms with Gasteiger partial charge in [-0.3, -0.25) is 9.78 Å². The van der Waals surface area contributed by atoms with Crippen LogP contribution in [0.5, 0.6) is 0 Å². The number of benzene rings is 1. The molecule has 0 amide bonds. The van der Waals surface area contributed by atoms with Gasteiger partial charge in [0.05, 0.1) is 11.7 Å². The molecule has 0 fully saturated rings. The molecule has 2 N–H and O–H groups in total. The molecule has 7 heteroatoms. The summed E-state index contributed by atoms with van der Waals surface area (Å²) >= 11 is 0. The fourth-order valence-electron chi connectivity index (χ4n) is 1.51. The van der Waals surface area contributed by atoms with Crippen molar-refractivity contribution in [2.75, 3.05) is 5.32 Å². The fourth-order valence-corrected chi connectivity index (χ4v) is 1.51. The van der Waals surface area contributed by atoms with E-state index in [2.05, 4.69) is 20.5 Å². The Balaban J connectivity index is 2.18. The summed E-state index contributed by atoms with van der Waals surface area (Å²) in [6.45, 7) is 3.56. The fraction of sp³-hybridized carbons (Fsp3) is 0.231. The molecular weight excluding hydrogens is 260 g/mol. The summed E-state index contributed by atoms with van der Waals surface area (Å²) in [5, 5.41) is 10.1. The number of H-pyrrole nitrogens is 1. The van der Waals surface area contributed by atoms with Gasteiger partial charge in [-0.2, -0.15) is 0 Å². The lowest BCUT2D eigenvalue weighted by atomic mass is 10.2. The van der Waals surface area contributed by atoms with E-state index in [9.17, 15) is 9.59 Å². The maximum absolute atomic E-state index is 11.8. The molecule has 2 aromatic rings. The number of aromatic amines is 1. The number of nitrogens with one attached hydrogen (secondary N) is 2. The first-order valence-corrected chi connectivity index (χ1v) is 6.04. The summed E-state index contributed by atoms with van der Waals surface area (Å²) in [4.78, 5) is 25.4. The predicted octanol–water partition coefficient (Wildman–Crippen LogP) is 1.47. The molecule has 0 spiro atoms. The number of hydrogen-bond donors (Lipinski definition) is 2. The lowest BCUT2D eigenvalue weighted by Crippen LogP contribution is -2.12. The zero-order valence-electron chi connectivity index (χ0n) is 11.1. The largest absolute Gasteiger partial charge is 0.459 e. The van der Waals surface area contributed by atoms with Gasteiger partial charge in [0, 0.05) is 5.69 Å². The summed E-state index contributed by atoms with van der Waals surface area (Å²) in [6.07, 6.45) is 0.886. The van der Waals surface area contributed by atoms with Crippen LogP contribution in [0.2, 0.25) is 0 Å². The highest BCUT2D eigenvalue weighted by molar-refractivity contribution is 5.90. The van der Waals surface area contributed by atoms with Crippen molar-refractivity contribution in [2.45, 2.75) is 20.0 Å². The first-order chi connectivity index (χ1) is 9.54. The molecule has 0 unspecified atom stereocenters. The number of carbonyl (C=O) groups excluding carboxylic acids is 1. The molecule has 2 rings (SSSR count). The van der Waals surface area contributed by atoms with Gasteiger partial charge in [-0.15, -0.1) is 10.2 Å². The highest BCUT2D eigenvalue weighted by Crippen LogP contribution is 2.15. The molecule has 1 heterocycles. The van der Waals surface area contributed by atoms with E-state index < -0.39 is 5.97 Å². The third kappa shape index (κ3) is 3.64. The van der Waals surface area contributed by atoms with Crippen molar-refractivity contribution in [3.63, 3.8) is 0 Å². The second-order valence-electron chi connectivity index (χ2n) is 4.34. The molecular formula is C13H14N4O3. The van der Waals surface area contributed by atoms with Crippen molar-refractivity contribution in [3.05, 3.63) is 46.4 Å². The van der Waals surface area contributed by atoms with E-state index >= 15 is 0 Å². The van der Waals surface area contributed by atoms with E-state index in [1.807, 2.05) is 0 Å². The van der Waals surface area contributed by atoms with Crippen molar-refractivity contribution in [1.82, 2.24) is 15.2 Å². The molecule has 0 aliphatic heterocycles. The second-order valence-corrected chi connectivity index (χ2v) is 4.34. The Kier molecular flexibility index (Phi) is 4.09. The average Bonchev–Trinajstić information content (AvgIpc) is 2.38. The normalized spacial score (nSPS) is 10.3. The van der Waals surface area contributed by atoms with Crippen LogP contribution in [0.1, 0.15) is 24.2 Å². The van der Waals surface area contributed by atoms with E-state index in [0.717, 1.165) is 6.20 Å². The van der Waals surface area contributed by atoms with Crippen LogP contribution in [0.15, 0.2) is 35.3 Å². The van der Waals surface area contributed by atoms with Crippen LogP contribution in [0.25, 0.3) is 0 Å². The van der Waals surface area contributed by atoms with E-state index in [1.165, 1.54) is 0 Å². The minimum absolute atomic E-state index is 0.185. The van der Waals surface area contributed by atoms with E-state index in [-0.39, 0.29) is 17.6 Å². The van der Waals surface area contributed by atoms with Gasteiger partial charge in [-0.25, -0.2) is 4.79 Å². The van der Waals surface area contributed by atoms with E-state index in [0.29, 0.717) is 11.3 Å². The van der Waals surface area contributed by atoms with Gasteiger partial charge >= 0.3 is 5.97 Å². The number of ether oxygens (including phenoxy) is 1. The van der Waals surface area contributed by atoms with Gasteiger partial charge < -0.3 is 10.1 Å². The number of nitrogens with zero attached hydrogens (tertiary/aromatic N) is 2. The van der Waals surface area contributed by atoms with Crippen LogP contribution in [0.4, 0.5) is 11.6 Å².